The third-order valence-corrected chi connectivity index (χ3v) is 14.9. The van der Waals surface area contributed by atoms with Gasteiger partial charge in [0.05, 0.1) is 0 Å². The lowest BCUT2D eigenvalue weighted by Crippen LogP contribution is -2.51. The maximum atomic E-state index is 12.9. The molecule has 0 saturated heterocycles. The van der Waals surface area contributed by atoms with Crippen LogP contribution in [0.2, 0.25) is 0 Å². The molecule has 0 spiro atoms. The highest BCUT2D eigenvalue weighted by molar-refractivity contribution is 5.69. The van der Waals surface area contributed by atoms with E-state index in [1.807, 2.05) is 0 Å². The van der Waals surface area contributed by atoms with E-state index in [2.05, 4.69) is 54.5 Å². The van der Waals surface area contributed by atoms with Crippen LogP contribution < -0.4 is 0 Å². The molecule has 0 heterocycles. The molecule has 3 fully saturated rings. The van der Waals surface area contributed by atoms with E-state index in [4.69, 9.17) is 4.74 Å². The zero-order valence-corrected chi connectivity index (χ0v) is 33.4. The monoisotopic (exact) mass is 667 g/mol. The smallest absolute Gasteiger partial charge is 0.306 e. The topological polar surface area (TPSA) is 26.3 Å². The molecular formula is C46H82O2. The van der Waals surface area contributed by atoms with Crippen molar-refractivity contribution in [2.24, 2.45) is 52.3 Å². The number of carbonyl (C=O) groups is 1. The average molecular weight is 667 g/mol. The van der Waals surface area contributed by atoms with E-state index in [1.165, 1.54) is 141 Å². The summed E-state index contributed by atoms with van der Waals surface area (Å²) in [6, 6.07) is 0. The molecule has 4 aliphatic rings. The Morgan fingerprint density at radius 1 is 0.750 bits per heavy atom. The van der Waals surface area contributed by atoms with Crippen LogP contribution in [-0.4, -0.2) is 12.1 Å². The predicted octanol–water partition coefficient (Wildman–Crippen LogP) is 14.4. The lowest BCUT2D eigenvalue weighted by molar-refractivity contribution is -0.151. The maximum absolute atomic E-state index is 12.9. The van der Waals surface area contributed by atoms with Crippen LogP contribution in [0.3, 0.4) is 0 Å². The number of ether oxygens (including phenoxy) is 1. The first-order chi connectivity index (χ1) is 23.1. The van der Waals surface area contributed by atoms with Gasteiger partial charge in [-0.15, -0.1) is 0 Å². The van der Waals surface area contributed by atoms with Crippen LogP contribution in [-0.2, 0) is 9.53 Å². The van der Waals surface area contributed by atoms with Gasteiger partial charge in [-0.3, -0.25) is 4.79 Å². The third-order valence-electron chi connectivity index (χ3n) is 14.9. The van der Waals surface area contributed by atoms with E-state index in [1.54, 1.807) is 5.57 Å². The van der Waals surface area contributed by atoms with Gasteiger partial charge in [0.2, 0.25) is 0 Å². The first kappa shape index (κ1) is 40.0. The van der Waals surface area contributed by atoms with Gasteiger partial charge in [0.1, 0.15) is 6.10 Å². The quantitative estimate of drug-likeness (QED) is 0.0653. The Labute approximate surface area is 300 Å². The van der Waals surface area contributed by atoms with Crippen molar-refractivity contribution in [2.75, 3.05) is 0 Å². The molecule has 0 aromatic rings. The minimum Gasteiger partial charge on any atom is -0.462 e. The zero-order valence-electron chi connectivity index (χ0n) is 33.4. The van der Waals surface area contributed by atoms with Crippen LogP contribution >= 0.6 is 0 Å². The molecule has 9 atom stereocenters. The van der Waals surface area contributed by atoms with Crippen molar-refractivity contribution in [3.8, 4) is 0 Å². The molecule has 0 radical (unpaired) electrons. The fourth-order valence-electron chi connectivity index (χ4n) is 11.9. The van der Waals surface area contributed by atoms with Gasteiger partial charge >= 0.3 is 5.97 Å². The summed E-state index contributed by atoms with van der Waals surface area (Å²) >= 11 is 0. The summed E-state index contributed by atoms with van der Waals surface area (Å²) in [5.41, 5.74) is 2.53. The molecular weight excluding hydrogens is 585 g/mol. The van der Waals surface area contributed by atoms with E-state index < -0.39 is 0 Å². The minimum atomic E-state index is 0.0642. The number of esters is 1. The van der Waals surface area contributed by atoms with Crippen molar-refractivity contribution in [1.82, 2.24) is 0 Å². The second kappa shape index (κ2) is 19.7. The summed E-state index contributed by atoms with van der Waals surface area (Å²) < 4.78 is 6.15. The highest BCUT2D eigenvalue weighted by Gasteiger charge is 2.59. The standard InChI is InChI=1S/C46H82O2/c1-8-9-10-11-14-17-22-36(4)23-18-15-12-13-16-19-25-44(47)48-39-30-32-45(6)38(34-39)26-27-40-42-29-28-41(37(5)24-20-21-35(2)3)46(42,7)33-31-43(40)45/h26,35-37,39-43H,8-25,27-34H2,1-7H3/t36?,37-,39+,40+,41-,42+,43+,45+,46-/m1/s1. The molecule has 2 heteroatoms. The Balaban J connectivity index is 1.11. The Bertz CT molecular complexity index is 965. The summed E-state index contributed by atoms with van der Waals surface area (Å²) in [5.74, 6) is 6.23. The second-order valence-corrected chi connectivity index (χ2v) is 19.0. The molecule has 0 amide bonds. The Kier molecular flexibility index (Phi) is 16.4. The molecule has 2 nitrogen and oxygen atoms in total. The van der Waals surface area contributed by atoms with Crippen LogP contribution in [0.5, 0.6) is 0 Å². The van der Waals surface area contributed by atoms with E-state index >= 15 is 0 Å². The first-order valence-corrected chi connectivity index (χ1v) is 22.0. The Hall–Kier alpha value is -0.790. The Morgan fingerprint density at radius 3 is 2.10 bits per heavy atom. The van der Waals surface area contributed by atoms with Crippen molar-refractivity contribution in [3.05, 3.63) is 11.6 Å². The van der Waals surface area contributed by atoms with E-state index in [0.29, 0.717) is 17.3 Å². The number of rotatable bonds is 22. The molecule has 3 saturated carbocycles. The summed E-state index contributed by atoms with van der Waals surface area (Å²) in [7, 11) is 0. The fourth-order valence-corrected chi connectivity index (χ4v) is 11.9. The lowest BCUT2D eigenvalue weighted by atomic mass is 9.47. The number of unbranched alkanes of at least 4 members (excludes halogenated alkanes) is 10. The van der Waals surface area contributed by atoms with Gasteiger partial charge < -0.3 is 4.74 Å². The Morgan fingerprint density at radius 2 is 1.42 bits per heavy atom. The van der Waals surface area contributed by atoms with Crippen LogP contribution in [0.15, 0.2) is 11.6 Å². The van der Waals surface area contributed by atoms with Crippen LogP contribution in [0.4, 0.5) is 0 Å². The third kappa shape index (κ3) is 10.9. The first-order valence-electron chi connectivity index (χ1n) is 22.0. The second-order valence-electron chi connectivity index (χ2n) is 19.0. The maximum Gasteiger partial charge on any atom is 0.306 e. The summed E-state index contributed by atoms with van der Waals surface area (Å²) in [4.78, 5) is 12.9. The van der Waals surface area contributed by atoms with Gasteiger partial charge in [-0.2, -0.15) is 0 Å². The molecule has 4 aliphatic carbocycles. The molecule has 48 heavy (non-hydrogen) atoms. The molecule has 0 N–H and O–H groups in total. The van der Waals surface area contributed by atoms with Crippen LogP contribution in [0.1, 0.15) is 215 Å². The summed E-state index contributed by atoms with van der Waals surface area (Å²) in [6.45, 7) is 17.4. The molecule has 278 valence electrons. The molecule has 0 aliphatic heterocycles. The van der Waals surface area contributed by atoms with Crippen molar-refractivity contribution < 1.29 is 9.53 Å². The largest absolute Gasteiger partial charge is 0.462 e. The van der Waals surface area contributed by atoms with Crippen molar-refractivity contribution >= 4 is 5.97 Å². The van der Waals surface area contributed by atoms with E-state index in [9.17, 15) is 4.79 Å². The highest BCUT2D eigenvalue weighted by Crippen LogP contribution is 2.67. The number of carbonyl (C=O) groups excluding carboxylic acids is 1. The normalized spacial score (nSPS) is 32.7. The number of fused-ring (bicyclic) bond motifs is 5. The van der Waals surface area contributed by atoms with Gasteiger partial charge in [-0.1, -0.05) is 163 Å². The molecule has 1 unspecified atom stereocenters. The molecule has 4 rings (SSSR count). The van der Waals surface area contributed by atoms with Crippen molar-refractivity contribution in [3.63, 3.8) is 0 Å². The predicted molar refractivity (Wildman–Crippen MR) is 207 cm³/mol. The van der Waals surface area contributed by atoms with E-state index in [-0.39, 0.29) is 12.1 Å². The minimum absolute atomic E-state index is 0.0642. The summed E-state index contributed by atoms with van der Waals surface area (Å²) in [5, 5.41) is 0. The molecule has 0 aromatic carbocycles. The van der Waals surface area contributed by atoms with Gasteiger partial charge in [-0.25, -0.2) is 0 Å². The van der Waals surface area contributed by atoms with Gasteiger partial charge in [-0.05, 0) is 104 Å². The molecule has 0 bridgehead atoms. The SMILES string of the molecule is CCCCCCCCC(C)CCCCCCCCC(=O)O[C@H]1CC[C@@]2(C)C(=CC[C@H]3[C@@H]4CC[C@H]([C@H](C)CCCC(C)C)[C@@]4(C)CC[C@@H]32)C1. The average Bonchev–Trinajstić information content (AvgIpc) is 3.41. The lowest BCUT2D eigenvalue weighted by Gasteiger charge is -2.58. The number of hydrogen-bond donors (Lipinski definition) is 0. The fraction of sp³-hybridized carbons (Fsp3) is 0.935. The molecule has 0 aromatic heterocycles. The van der Waals surface area contributed by atoms with Crippen LogP contribution in [0.25, 0.3) is 0 Å². The van der Waals surface area contributed by atoms with Gasteiger partial charge in [0.15, 0.2) is 0 Å². The zero-order chi connectivity index (χ0) is 34.6. The van der Waals surface area contributed by atoms with Gasteiger partial charge in [0, 0.05) is 12.8 Å². The van der Waals surface area contributed by atoms with Gasteiger partial charge in [0.25, 0.3) is 0 Å². The van der Waals surface area contributed by atoms with Crippen molar-refractivity contribution in [1.29, 1.82) is 0 Å². The number of hydrogen-bond acceptors (Lipinski definition) is 2. The number of allylic oxidation sites excluding steroid dienone is 1. The van der Waals surface area contributed by atoms with Crippen molar-refractivity contribution in [2.45, 2.75) is 222 Å². The van der Waals surface area contributed by atoms with E-state index in [0.717, 1.165) is 60.7 Å². The summed E-state index contributed by atoms with van der Waals surface area (Å²) in [6.07, 6.45) is 36.8. The van der Waals surface area contributed by atoms with Crippen LogP contribution in [0, 0.1) is 52.3 Å². The highest BCUT2D eigenvalue weighted by atomic mass is 16.5.